The van der Waals surface area contributed by atoms with Crippen LogP contribution < -0.4 is 10.0 Å². The number of H-pyrrole nitrogens is 1. The molecule has 9 nitrogen and oxygen atoms in total. The molecule has 0 bridgehead atoms. The molecule has 0 unspecified atom stereocenters. The van der Waals surface area contributed by atoms with Gasteiger partial charge in [0.05, 0.1) is 21.1 Å². The highest BCUT2D eigenvalue weighted by molar-refractivity contribution is 7.92. The molecule has 174 valence electrons. The van der Waals surface area contributed by atoms with Crippen LogP contribution in [-0.4, -0.2) is 30.8 Å². The third kappa shape index (κ3) is 5.07. The van der Waals surface area contributed by atoms with E-state index in [0.29, 0.717) is 13.0 Å². The minimum absolute atomic E-state index is 0.0862. The van der Waals surface area contributed by atoms with Crippen molar-refractivity contribution < 1.29 is 18.1 Å². The van der Waals surface area contributed by atoms with E-state index in [1.165, 1.54) is 30.3 Å². The van der Waals surface area contributed by atoms with Gasteiger partial charge in [-0.1, -0.05) is 36.4 Å². The first kappa shape index (κ1) is 23.0. The van der Waals surface area contributed by atoms with Gasteiger partial charge in [-0.2, -0.15) is 0 Å². The van der Waals surface area contributed by atoms with Crippen molar-refractivity contribution >= 4 is 38.2 Å². The molecule has 0 radical (unpaired) electrons. The predicted molar refractivity (Wildman–Crippen MR) is 129 cm³/mol. The van der Waals surface area contributed by atoms with E-state index >= 15 is 0 Å². The summed E-state index contributed by atoms with van der Waals surface area (Å²) >= 11 is 0. The molecule has 4 rings (SSSR count). The molecule has 0 saturated carbocycles. The Morgan fingerprint density at radius 1 is 1.00 bits per heavy atom. The first-order valence-electron chi connectivity index (χ1n) is 10.5. The lowest BCUT2D eigenvalue weighted by Crippen LogP contribution is -2.26. The molecule has 4 aromatic rings. The van der Waals surface area contributed by atoms with E-state index in [0.717, 1.165) is 29.0 Å². The summed E-state index contributed by atoms with van der Waals surface area (Å²) in [7, 11) is -4.14. The molecule has 1 amide bonds. The van der Waals surface area contributed by atoms with Crippen LogP contribution in [0.1, 0.15) is 22.3 Å². The summed E-state index contributed by atoms with van der Waals surface area (Å²) in [6.45, 7) is 0.407. The van der Waals surface area contributed by atoms with Crippen LogP contribution in [0, 0.1) is 10.1 Å². The Bertz CT molecular complexity index is 1460. The van der Waals surface area contributed by atoms with Crippen LogP contribution in [0.25, 0.3) is 10.9 Å². The summed E-state index contributed by atoms with van der Waals surface area (Å²) in [5.74, 6) is -0.420. The first-order valence-corrected chi connectivity index (χ1v) is 12.0. The maximum absolute atomic E-state index is 12.8. The maximum Gasteiger partial charge on any atom is 0.270 e. The number of amides is 1. The van der Waals surface area contributed by atoms with E-state index in [4.69, 9.17) is 0 Å². The van der Waals surface area contributed by atoms with Crippen LogP contribution in [-0.2, 0) is 16.4 Å². The van der Waals surface area contributed by atoms with Crippen molar-refractivity contribution in [2.75, 3.05) is 11.3 Å². The first-order chi connectivity index (χ1) is 16.3. The number of nitrogens with zero attached hydrogens (tertiary/aromatic N) is 1. The van der Waals surface area contributed by atoms with E-state index in [2.05, 4.69) is 15.0 Å². The molecule has 0 spiro atoms. The van der Waals surface area contributed by atoms with Gasteiger partial charge in [-0.15, -0.1) is 0 Å². The Balaban J connectivity index is 1.41. The highest BCUT2D eigenvalue weighted by atomic mass is 32.2. The van der Waals surface area contributed by atoms with Gasteiger partial charge >= 0.3 is 0 Å². The Kier molecular flexibility index (Phi) is 6.60. The van der Waals surface area contributed by atoms with Crippen molar-refractivity contribution in [2.45, 2.75) is 17.7 Å². The fourth-order valence-electron chi connectivity index (χ4n) is 3.65. The van der Waals surface area contributed by atoms with Gasteiger partial charge in [0, 0.05) is 35.8 Å². The zero-order chi connectivity index (χ0) is 24.1. The number of sulfonamides is 1. The lowest BCUT2D eigenvalue weighted by atomic mass is 10.1. The molecule has 1 aromatic heterocycles. The minimum Gasteiger partial charge on any atom is -0.361 e. The second-order valence-corrected chi connectivity index (χ2v) is 9.31. The van der Waals surface area contributed by atoms with Crippen LogP contribution in [0.2, 0.25) is 0 Å². The Hall–Kier alpha value is -4.18. The van der Waals surface area contributed by atoms with E-state index in [-0.39, 0.29) is 21.8 Å². The maximum atomic E-state index is 12.8. The monoisotopic (exact) mass is 478 g/mol. The van der Waals surface area contributed by atoms with Crippen LogP contribution in [0.15, 0.2) is 83.9 Å². The van der Waals surface area contributed by atoms with Gasteiger partial charge in [0.1, 0.15) is 0 Å². The number of rotatable bonds is 9. The topological polar surface area (TPSA) is 134 Å². The average molecular weight is 479 g/mol. The van der Waals surface area contributed by atoms with Crippen molar-refractivity contribution in [1.82, 2.24) is 10.3 Å². The number of aromatic nitrogens is 1. The highest BCUT2D eigenvalue weighted by Crippen LogP contribution is 2.23. The molecule has 3 aromatic carbocycles. The van der Waals surface area contributed by atoms with Gasteiger partial charge in [-0.05, 0) is 42.7 Å². The molecular weight excluding hydrogens is 456 g/mol. The minimum atomic E-state index is -4.14. The van der Waals surface area contributed by atoms with E-state index in [1.807, 2.05) is 30.5 Å². The van der Waals surface area contributed by atoms with Crippen molar-refractivity contribution in [1.29, 1.82) is 0 Å². The molecule has 10 heteroatoms. The second kappa shape index (κ2) is 9.75. The number of fused-ring (bicyclic) bond motifs is 1. The highest BCUT2D eigenvalue weighted by Gasteiger charge is 2.20. The van der Waals surface area contributed by atoms with Crippen molar-refractivity contribution in [2.24, 2.45) is 0 Å². The SMILES string of the molecule is O=C(NCCCc1c[nH]c2ccccc12)c1ccccc1NS(=O)(=O)c1cccc([N+](=O)[O-])c1. The Morgan fingerprint density at radius 3 is 2.59 bits per heavy atom. The molecule has 0 atom stereocenters. The average Bonchev–Trinajstić information content (AvgIpc) is 3.25. The molecule has 0 fully saturated rings. The molecular formula is C24H22N4O5S. The number of anilines is 1. The van der Waals surface area contributed by atoms with E-state index in [9.17, 15) is 23.3 Å². The summed E-state index contributed by atoms with van der Waals surface area (Å²) < 4.78 is 27.9. The largest absolute Gasteiger partial charge is 0.361 e. The number of nitro benzene ring substituents is 1. The summed E-state index contributed by atoms with van der Waals surface area (Å²) in [6.07, 6.45) is 3.44. The summed E-state index contributed by atoms with van der Waals surface area (Å²) in [4.78, 5) is 26.0. The molecule has 1 heterocycles. The van der Waals surface area contributed by atoms with Gasteiger partial charge < -0.3 is 10.3 Å². The number of aromatic amines is 1. The summed E-state index contributed by atoms with van der Waals surface area (Å²) in [5.41, 5.74) is 2.12. The van der Waals surface area contributed by atoms with Gasteiger partial charge in [0.15, 0.2) is 0 Å². The number of nitrogens with one attached hydrogen (secondary N) is 3. The van der Waals surface area contributed by atoms with Crippen molar-refractivity contribution in [3.05, 3.63) is 100 Å². The molecule has 0 aliphatic rings. The standard InChI is InChI=1S/C24H22N4O5S/c29-24(25-14-6-7-17-16-26-22-12-3-1-10-20(17)22)21-11-2-4-13-23(21)27-34(32,33)19-9-5-8-18(15-19)28(30)31/h1-5,8-13,15-16,26-27H,6-7,14H2,(H,25,29). The fourth-order valence-corrected chi connectivity index (χ4v) is 4.77. The molecule has 3 N–H and O–H groups in total. The zero-order valence-corrected chi connectivity index (χ0v) is 18.8. The molecule has 34 heavy (non-hydrogen) atoms. The third-order valence-corrected chi connectivity index (χ3v) is 6.70. The Labute approximate surface area is 196 Å². The van der Waals surface area contributed by atoms with Gasteiger partial charge in [0.25, 0.3) is 21.6 Å². The number of hydrogen-bond acceptors (Lipinski definition) is 5. The zero-order valence-electron chi connectivity index (χ0n) is 18.0. The normalized spacial score (nSPS) is 11.3. The number of nitro groups is 1. The second-order valence-electron chi connectivity index (χ2n) is 7.62. The van der Waals surface area contributed by atoms with E-state index in [1.54, 1.807) is 12.1 Å². The Morgan fingerprint density at radius 2 is 1.76 bits per heavy atom. The number of aryl methyl sites for hydroxylation is 1. The number of carbonyl (C=O) groups excluding carboxylic acids is 1. The molecule has 0 aliphatic carbocycles. The van der Waals surface area contributed by atoms with Gasteiger partial charge in [-0.3, -0.25) is 19.6 Å². The smallest absolute Gasteiger partial charge is 0.270 e. The number of carbonyl (C=O) groups is 1. The van der Waals surface area contributed by atoms with Crippen LogP contribution in [0.4, 0.5) is 11.4 Å². The van der Waals surface area contributed by atoms with Gasteiger partial charge in [-0.25, -0.2) is 8.42 Å². The number of hydrogen-bond donors (Lipinski definition) is 3. The quantitative estimate of drug-likeness (QED) is 0.188. The van der Waals surface area contributed by atoms with Crippen LogP contribution >= 0.6 is 0 Å². The lowest BCUT2D eigenvalue weighted by Gasteiger charge is -2.13. The fraction of sp³-hybridized carbons (Fsp3) is 0.125. The third-order valence-electron chi connectivity index (χ3n) is 5.34. The van der Waals surface area contributed by atoms with E-state index < -0.39 is 20.9 Å². The molecule has 0 aliphatic heterocycles. The number of benzene rings is 3. The number of non-ortho nitro benzene ring substituents is 1. The summed E-state index contributed by atoms with van der Waals surface area (Å²) in [5, 5.41) is 15.0. The van der Waals surface area contributed by atoms with Crippen molar-refractivity contribution in [3.63, 3.8) is 0 Å². The van der Waals surface area contributed by atoms with Crippen LogP contribution in [0.5, 0.6) is 0 Å². The van der Waals surface area contributed by atoms with Gasteiger partial charge in [0.2, 0.25) is 0 Å². The van der Waals surface area contributed by atoms with Crippen LogP contribution in [0.3, 0.4) is 0 Å². The van der Waals surface area contributed by atoms with Crippen molar-refractivity contribution in [3.8, 4) is 0 Å². The predicted octanol–water partition coefficient (Wildman–Crippen LogP) is 4.24. The summed E-state index contributed by atoms with van der Waals surface area (Å²) in [6, 6.07) is 18.9. The number of para-hydroxylation sites is 2. The molecule has 0 saturated heterocycles. The lowest BCUT2D eigenvalue weighted by molar-refractivity contribution is -0.385.